The Labute approximate surface area is 108 Å². The van der Waals surface area contributed by atoms with Crippen molar-refractivity contribution in [2.45, 2.75) is 31.3 Å². The molecule has 98 valence electrons. The van der Waals surface area contributed by atoms with Crippen LogP contribution in [-0.2, 0) is 4.79 Å². The van der Waals surface area contributed by atoms with E-state index in [0.29, 0.717) is 6.04 Å². The smallest absolute Gasteiger partial charge is 0.239 e. The second-order valence-corrected chi connectivity index (χ2v) is 5.99. The van der Waals surface area contributed by atoms with Crippen molar-refractivity contribution < 1.29 is 4.79 Å². The number of amides is 1. The first-order valence-electron chi connectivity index (χ1n) is 6.49. The van der Waals surface area contributed by atoms with E-state index >= 15 is 0 Å². The first-order chi connectivity index (χ1) is 8.22. The fourth-order valence-electron chi connectivity index (χ4n) is 2.79. The minimum absolute atomic E-state index is 0.158. The Hall–Kier alpha value is -0.260. The summed E-state index contributed by atoms with van der Waals surface area (Å²) in [7, 11) is 0. The molecule has 5 heteroatoms. The molecule has 2 fully saturated rings. The van der Waals surface area contributed by atoms with Gasteiger partial charge in [0.15, 0.2) is 0 Å². The van der Waals surface area contributed by atoms with Gasteiger partial charge < -0.3 is 10.6 Å². The predicted octanol–water partition coefficient (Wildman–Crippen LogP) is 0.373. The van der Waals surface area contributed by atoms with E-state index in [1.807, 2.05) is 4.90 Å². The van der Waals surface area contributed by atoms with Crippen LogP contribution in [-0.4, -0.2) is 66.0 Å². The molecule has 2 aliphatic heterocycles. The molecular formula is C12H23N3OS. The number of carbonyl (C=O) groups is 1. The first kappa shape index (κ1) is 13.2. The number of nitrogens with zero attached hydrogens (tertiary/aromatic N) is 2. The molecular weight excluding hydrogens is 234 g/mol. The largest absolute Gasteiger partial charge is 0.338 e. The number of hydrogen-bond donors (Lipinski definition) is 1. The van der Waals surface area contributed by atoms with Crippen LogP contribution in [0.4, 0.5) is 0 Å². The van der Waals surface area contributed by atoms with Crippen molar-refractivity contribution in [1.82, 2.24) is 9.80 Å². The van der Waals surface area contributed by atoms with Crippen LogP contribution in [0.25, 0.3) is 0 Å². The van der Waals surface area contributed by atoms with Crippen LogP contribution in [0.3, 0.4) is 0 Å². The molecule has 0 aromatic carbocycles. The third kappa shape index (κ3) is 3.14. The summed E-state index contributed by atoms with van der Waals surface area (Å²) in [4.78, 5) is 16.7. The predicted molar refractivity (Wildman–Crippen MR) is 72.1 cm³/mol. The number of thioether (sulfide) groups is 1. The summed E-state index contributed by atoms with van der Waals surface area (Å²) in [6, 6.07) is 0.302. The molecule has 2 rings (SSSR count). The molecule has 4 nitrogen and oxygen atoms in total. The molecule has 2 N–H and O–H groups in total. The van der Waals surface area contributed by atoms with E-state index in [4.69, 9.17) is 5.73 Å². The lowest BCUT2D eigenvalue weighted by molar-refractivity contribution is -0.135. The highest BCUT2D eigenvalue weighted by Crippen LogP contribution is 2.21. The van der Waals surface area contributed by atoms with Gasteiger partial charge in [-0.2, -0.15) is 11.8 Å². The molecule has 0 bridgehead atoms. The van der Waals surface area contributed by atoms with Gasteiger partial charge >= 0.3 is 0 Å². The van der Waals surface area contributed by atoms with E-state index in [-0.39, 0.29) is 11.9 Å². The van der Waals surface area contributed by atoms with Crippen LogP contribution >= 0.6 is 11.8 Å². The van der Waals surface area contributed by atoms with Crippen molar-refractivity contribution in [1.29, 1.82) is 0 Å². The second kappa shape index (κ2) is 6.07. The molecule has 0 aromatic rings. The quantitative estimate of drug-likeness (QED) is 0.791. The second-order valence-electron chi connectivity index (χ2n) is 5.00. The van der Waals surface area contributed by atoms with Gasteiger partial charge in [-0.15, -0.1) is 0 Å². The van der Waals surface area contributed by atoms with Gasteiger partial charge in [-0.1, -0.05) is 0 Å². The Bertz CT molecular complexity index is 274. The summed E-state index contributed by atoms with van der Waals surface area (Å²) in [5, 5.41) is 0. The Balaban J connectivity index is 1.83. The van der Waals surface area contributed by atoms with E-state index in [1.54, 1.807) is 11.8 Å². The monoisotopic (exact) mass is 257 g/mol. The zero-order valence-corrected chi connectivity index (χ0v) is 11.4. The fraction of sp³-hybridized carbons (Fsp3) is 0.917. The number of rotatable bonds is 4. The van der Waals surface area contributed by atoms with Gasteiger partial charge in [-0.05, 0) is 37.8 Å². The van der Waals surface area contributed by atoms with E-state index < -0.39 is 0 Å². The number of nitrogens with two attached hydrogens (primary N) is 1. The number of fused-ring (bicyclic) bond motifs is 1. The molecule has 2 atom stereocenters. The molecule has 0 aromatic heterocycles. The van der Waals surface area contributed by atoms with Gasteiger partial charge in [0.25, 0.3) is 0 Å². The average molecular weight is 257 g/mol. The maximum atomic E-state index is 12.2. The summed E-state index contributed by atoms with van der Waals surface area (Å²) in [5.74, 6) is 1.13. The van der Waals surface area contributed by atoms with Crippen LogP contribution in [0.5, 0.6) is 0 Å². The van der Waals surface area contributed by atoms with Crippen LogP contribution in [0, 0.1) is 0 Å². The number of piperazine rings is 1. The standard InChI is InChI=1S/C12H23N3OS/c1-17-8-4-11(13)12(16)15-7-6-14-5-2-3-10(14)9-15/h10-11H,2-9,13H2,1H3/t10?,11-/m1/s1. The molecule has 2 heterocycles. The van der Waals surface area contributed by atoms with Gasteiger partial charge in [0, 0.05) is 25.7 Å². The minimum atomic E-state index is -0.296. The summed E-state index contributed by atoms with van der Waals surface area (Å²) in [6.45, 7) is 4.00. The zero-order chi connectivity index (χ0) is 12.3. The summed E-state index contributed by atoms with van der Waals surface area (Å²) >= 11 is 1.75. The van der Waals surface area contributed by atoms with Gasteiger partial charge in [0.05, 0.1) is 6.04 Å². The van der Waals surface area contributed by atoms with E-state index in [9.17, 15) is 4.79 Å². The Morgan fingerprint density at radius 1 is 1.47 bits per heavy atom. The van der Waals surface area contributed by atoms with Crippen molar-refractivity contribution in [3.8, 4) is 0 Å². The van der Waals surface area contributed by atoms with Crippen LogP contribution in [0.15, 0.2) is 0 Å². The SMILES string of the molecule is CSCC[C@@H](N)C(=O)N1CCN2CCCC2C1. The number of carbonyl (C=O) groups excluding carboxylic acids is 1. The van der Waals surface area contributed by atoms with Crippen molar-refractivity contribution in [2.75, 3.05) is 38.2 Å². The minimum Gasteiger partial charge on any atom is -0.338 e. The van der Waals surface area contributed by atoms with E-state index in [2.05, 4.69) is 11.2 Å². The van der Waals surface area contributed by atoms with Gasteiger partial charge in [-0.25, -0.2) is 0 Å². The van der Waals surface area contributed by atoms with Crippen molar-refractivity contribution >= 4 is 17.7 Å². The third-order valence-corrected chi connectivity index (χ3v) is 4.49. The Morgan fingerprint density at radius 3 is 3.06 bits per heavy atom. The van der Waals surface area contributed by atoms with Gasteiger partial charge in [0.2, 0.25) is 5.91 Å². The van der Waals surface area contributed by atoms with Crippen molar-refractivity contribution in [3.63, 3.8) is 0 Å². The average Bonchev–Trinajstić information content (AvgIpc) is 2.81. The molecule has 1 unspecified atom stereocenters. The lowest BCUT2D eigenvalue weighted by Crippen LogP contribution is -2.55. The van der Waals surface area contributed by atoms with Crippen LogP contribution in [0.1, 0.15) is 19.3 Å². The van der Waals surface area contributed by atoms with Crippen LogP contribution < -0.4 is 5.73 Å². The molecule has 0 spiro atoms. The lowest BCUT2D eigenvalue weighted by atomic mass is 10.1. The highest BCUT2D eigenvalue weighted by molar-refractivity contribution is 7.98. The van der Waals surface area contributed by atoms with Crippen molar-refractivity contribution in [2.24, 2.45) is 5.73 Å². The Kier molecular flexibility index (Phi) is 4.70. The lowest BCUT2D eigenvalue weighted by Gasteiger charge is -2.38. The van der Waals surface area contributed by atoms with E-state index in [1.165, 1.54) is 19.4 Å². The van der Waals surface area contributed by atoms with Gasteiger partial charge in [-0.3, -0.25) is 9.69 Å². The summed E-state index contributed by atoms with van der Waals surface area (Å²) in [6.07, 6.45) is 5.37. The molecule has 0 aliphatic carbocycles. The maximum absolute atomic E-state index is 12.2. The fourth-order valence-corrected chi connectivity index (χ4v) is 3.28. The summed E-state index contributed by atoms with van der Waals surface area (Å²) in [5.41, 5.74) is 5.95. The molecule has 0 saturated carbocycles. The maximum Gasteiger partial charge on any atom is 0.239 e. The first-order valence-corrected chi connectivity index (χ1v) is 7.89. The normalized spacial score (nSPS) is 26.9. The molecule has 2 aliphatic rings. The van der Waals surface area contributed by atoms with Crippen molar-refractivity contribution in [3.05, 3.63) is 0 Å². The summed E-state index contributed by atoms with van der Waals surface area (Å²) < 4.78 is 0. The zero-order valence-electron chi connectivity index (χ0n) is 10.6. The van der Waals surface area contributed by atoms with E-state index in [0.717, 1.165) is 31.8 Å². The molecule has 2 saturated heterocycles. The highest BCUT2D eigenvalue weighted by atomic mass is 32.2. The van der Waals surface area contributed by atoms with Crippen LogP contribution in [0.2, 0.25) is 0 Å². The highest BCUT2D eigenvalue weighted by Gasteiger charge is 2.33. The topological polar surface area (TPSA) is 49.6 Å². The molecule has 1 amide bonds. The molecule has 17 heavy (non-hydrogen) atoms. The number of hydrogen-bond acceptors (Lipinski definition) is 4. The molecule has 0 radical (unpaired) electrons. The van der Waals surface area contributed by atoms with Gasteiger partial charge in [0.1, 0.15) is 0 Å². The third-order valence-electron chi connectivity index (χ3n) is 3.85. The Morgan fingerprint density at radius 2 is 2.29 bits per heavy atom.